The van der Waals surface area contributed by atoms with E-state index in [2.05, 4.69) is 30.4 Å². The predicted octanol–water partition coefficient (Wildman–Crippen LogP) is 6.91. The molecule has 7 aromatic rings. The zero-order valence-corrected chi connectivity index (χ0v) is 41.9. The van der Waals surface area contributed by atoms with E-state index in [0.717, 1.165) is 44.5 Å². The number of hydrogen-bond donors (Lipinski definition) is 6. The first-order valence-corrected chi connectivity index (χ1v) is 22.5. The fraction of sp³-hybridized carbons (Fsp3) is 0.333. The van der Waals surface area contributed by atoms with Crippen LogP contribution >= 0.6 is 34.2 Å². The molecule has 0 aliphatic carbocycles. The summed E-state index contributed by atoms with van der Waals surface area (Å²) in [6.07, 6.45) is 1.09. The molecule has 29 heteroatoms. The van der Waals surface area contributed by atoms with Gasteiger partial charge in [0.2, 0.25) is 0 Å². The van der Waals surface area contributed by atoms with E-state index >= 15 is 0 Å². The van der Waals surface area contributed by atoms with Gasteiger partial charge in [-0.1, -0.05) is 47.4 Å². The van der Waals surface area contributed by atoms with Crippen molar-refractivity contribution < 1.29 is 48.0 Å². The third-order valence-electron chi connectivity index (χ3n) is 10.0. The van der Waals surface area contributed by atoms with Gasteiger partial charge < -0.3 is 45.0 Å². The molecule has 2 atom stereocenters. The molecule has 5 heterocycles. The Labute approximate surface area is 457 Å². The molecule has 0 spiro atoms. The maximum Gasteiger partial charge on any atom is 0.297 e. The van der Waals surface area contributed by atoms with Gasteiger partial charge in [-0.05, 0) is 85.3 Å². The molecule has 3 aromatic carbocycles. The highest BCUT2D eigenvalue weighted by Gasteiger charge is 2.32. The van der Waals surface area contributed by atoms with Gasteiger partial charge in [-0.2, -0.15) is 0 Å². The lowest BCUT2D eigenvalue weighted by Crippen LogP contribution is -2.34. The van der Waals surface area contributed by atoms with Crippen molar-refractivity contribution in [1.29, 1.82) is 0 Å². The molecule has 25 nitrogen and oxygen atoms in total. The Bertz CT molecular complexity index is 3420. The minimum Gasteiger partial charge on any atom is -0.406 e. The van der Waals surface area contributed by atoms with Crippen molar-refractivity contribution in [3.63, 3.8) is 0 Å². The van der Waals surface area contributed by atoms with Gasteiger partial charge in [0.25, 0.3) is 33.6 Å². The zero-order valence-electron chi connectivity index (χ0n) is 39.0. The molecule has 1 aliphatic rings. The van der Waals surface area contributed by atoms with Crippen LogP contribution in [0.15, 0.2) is 98.6 Å². The Morgan fingerprint density at radius 1 is 0.883 bits per heavy atom. The fourth-order valence-corrected chi connectivity index (χ4v) is 7.06. The van der Waals surface area contributed by atoms with Gasteiger partial charge in [-0.25, -0.2) is 24.6 Å². The number of anilines is 4. The summed E-state index contributed by atoms with van der Waals surface area (Å²) >= 11 is 7.43. The van der Waals surface area contributed by atoms with Crippen molar-refractivity contribution in [2.24, 2.45) is 20.0 Å². The number of nitrogens with two attached hydrogens (primary N) is 1. The molecule has 420 valence electrons. The van der Waals surface area contributed by atoms with Crippen molar-refractivity contribution in [3.8, 4) is 0 Å². The second-order valence-electron chi connectivity index (χ2n) is 15.8. The summed E-state index contributed by atoms with van der Waals surface area (Å²) in [5.41, 5.74) is -1.10. The Kier molecular flexibility index (Phi) is 26.2. The number of aliphatic hydroxyl groups is 2. The van der Waals surface area contributed by atoms with Gasteiger partial charge in [0, 0.05) is 35.9 Å². The van der Waals surface area contributed by atoms with E-state index in [1.807, 2.05) is 36.4 Å². The average molecular weight is 1220 g/mol. The van der Waals surface area contributed by atoms with E-state index in [0.29, 0.717) is 13.2 Å². The highest BCUT2D eigenvalue weighted by Crippen LogP contribution is 2.29. The second kappa shape index (κ2) is 29.8. The highest BCUT2D eigenvalue weighted by molar-refractivity contribution is 14.1. The first-order chi connectivity index (χ1) is 34.4. The van der Waals surface area contributed by atoms with E-state index in [4.69, 9.17) is 36.9 Å². The number of rotatable bonds is 12. The predicted molar refractivity (Wildman–Crippen MR) is 297 cm³/mol. The van der Waals surface area contributed by atoms with E-state index in [-0.39, 0.29) is 104 Å². The summed E-state index contributed by atoms with van der Waals surface area (Å²) in [5, 5.41) is 44.4. The number of non-ortho nitro benzene ring substituents is 1. The smallest absolute Gasteiger partial charge is 0.297 e. The topological polar surface area (TPSA) is 338 Å². The molecule has 1 aliphatic heterocycles. The van der Waals surface area contributed by atoms with Crippen LogP contribution in [0.2, 0.25) is 5.02 Å². The van der Waals surface area contributed by atoms with Crippen LogP contribution in [0.3, 0.4) is 0 Å². The van der Waals surface area contributed by atoms with Gasteiger partial charge >= 0.3 is 0 Å². The Balaban J connectivity index is 0.000000539. The minimum absolute atomic E-state index is 0. The lowest BCUT2D eigenvalue weighted by Gasteiger charge is -2.16. The molecule has 4 aromatic heterocycles. The number of aryl methyl sites for hydroxylation is 3. The third kappa shape index (κ3) is 17.6. The summed E-state index contributed by atoms with van der Waals surface area (Å²) in [6.45, 7) is 5.54. The quantitative estimate of drug-likeness (QED) is 0.0411. The number of fused-ring (bicyclic) bond motifs is 2. The number of hydrogen-bond acceptors (Lipinski definition) is 19. The molecular weight excluding hydrogens is 1150 g/mol. The van der Waals surface area contributed by atoms with Crippen molar-refractivity contribution >= 4 is 90.4 Å². The number of aromatic amines is 1. The summed E-state index contributed by atoms with van der Waals surface area (Å²) in [5.74, 6) is 3.38. The number of pyridine rings is 2. The number of nitrogens with one attached hydrogen (secondary N) is 3. The largest absolute Gasteiger partial charge is 0.406 e. The monoisotopic (exact) mass is 1220 g/mol. The SMILES string of the molecule is C.C.C.C.CC1(C)OC[C@H](CON)O1.Cc1ccc(Nc2cc(=O)n(C)c3ncn(OC[C@H](O)CO)c(=O)c23)c(F)c1.Cn1c(=O)cc(Nc2ccc(I)cc2F)c2c(=O)[nH]cnc21.O=[N+]([O-])c1ccc(Cl)c([N+](=O)[O-])c1. The summed E-state index contributed by atoms with van der Waals surface area (Å²) < 4.78 is 42.8. The van der Waals surface area contributed by atoms with E-state index in [1.165, 1.54) is 53.8 Å². The van der Waals surface area contributed by atoms with Crippen LogP contribution in [0.5, 0.6) is 0 Å². The molecular formula is C48H61ClF2IN11O14. The molecule has 1 fully saturated rings. The normalized spacial score (nSPS) is 13.2. The number of ether oxygens (including phenoxy) is 2. The fourth-order valence-electron chi connectivity index (χ4n) is 6.42. The molecule has 0 bridgehead atoms. The Morgan fingerprint density at radius 3 is 1.97 bits per heavy atom. The molecule has 77 heavy (non-hydrogen) atoms. The van der Waals surface area contributed by atoms with Gasteiger partial charge in [-0.3, -0.25) is 48.5 Å². The standard InChI is InChI=1S/C18H19FN4O5.C14H10FIN4O2.C6H3ClN2O4.C6H13NO3.4CH4/c1-10-3-4-13(12(19)5-10)21-14-6-15(26)22(2)17-16(14)18(27)23(9-20-17)28-8-11(25)7-24;1-20-11(21)5-10(12-13(20)17-6-18-14(12)22)19-9-3-2-7(16)4-8(9)15;7-5-2-1-4(8(10)11)3-6(5)9(12)13;1-6(2)8-3-5(10-6)4-9-7;;;;/h3-6,9,11,21,24-25H,7-8H2,1-2H3;2-6,19H,1H3,(H,17,18,22);1-3H;5H,3-4,7H2,1-2H3;4*1H4/t11-;;;5-;;;;/m1..1..../s1. The lowest BCUT2D eigenvalue weighted by molar-refractivity contribution is -0.394. The molecule has 0 saturated carbocycles. The van der Waals surface area contributed by atoms with Crippen molar-refractivity contribution in [1.82, 2.24) is 28.8 Å². The summed E-state index contributed by atoms with van der Waals surface area (Å²) in [4.78, 5) is 88.2. The van der Waals surface area contributed by atoms with Crippen molar-refractivity contribution in [2.45, 2.75) is 68.5 Å². The summed E-state index contributed by atoms with van der Waals surface area (Å²) in [6, 6.07) is 14.6. The zero-order chi connectivity index (χ0) is 53.9. The first kappa shape index (κ1) is 67.7. The maximum absolute atomic E-state index is 14.2. The minimum atomic E-state index is -1.18. The molecule has 8 rings (SSSR count). The van der Waals surface area contributed by atoms with Crippen LogP contribution in [0.25, 0.3) is 22.1 Å². The second-order valence-corrected chi connectivity index (χ2v) is 17.5. The number of aliphatic hydroxyl groups excluding tert-OH is 2. The van der Waals surface area contributed by atoms with Gasteiger partial charge in [-0.15, -0.1) is 4.73 Å². The Morgan fingerprint density at radius 2 is 1.45 bits per heavy atom. The number of halogens is 4. The van der Waals surface area contributed by atoms with Crippen molar-refractivity contribution in [2.75, 3.05) is 37.1 Å². The van der Waals surface area contributed by atoms with Crippen molar-refractivity contribution in [3.05, 3.63) is 167 Å². The van der Waals surface area contributed by atoms with Gasteiger partial charge in [0.05, 0.1) is 64.8 Å². The number of nitro benzene ring substituents is 2. The van der Waals surface area contributed by atoms with Crippen LogP contribution in [-0.4, -0.2) is 93.3 Å². The molecule has 0 amide bonds. The molecule has 1 saturated heterocycles. The lowest BCUT2D eigenvalue weighted by atomic mass is 10.2. The average Bonchev–Trinajstić information content (AvgIpc) is 3.68. The van der Waals surface area contributed by atoms with Crippen LogP contribution in [0.4, 0.5) is 42.9 Å². The first-order valence-electron chi connectivity index (χ1n) is 21.0. The van der Waals surface area contributed by atoms with E-state index in [9.17, 15) is 53.3 Å². The van der Waals surface area contributed by atoms with Gasteiger partial charge in [0.15, 0.2) is 17.1 Å². The molecule has 0 unspecified atom stereocenters. The number of H-pyrrole nitrogens is 1. The Hall–Kier alpha value is -7.32. The molecule has 7 N–H and O–H groups in total. The van der Waals surface area contributed by atoms with Crippen LogP contribution in [0, 0.1) is 42.4 Å². The highest BCUT2D eigenvalue weighted by atomic mass is 127. The number of nitrogens with zero attached hydrogens (tertiary/aromatic N) is 7. The van der Waals surface area contributed by atoms with Crippen LogP contribution in [0.1, 0.15) is 49.1 Å². The van der Waals surface area contributed by atoms with Gasteiger partial charge in [0.1, 0.15) is 52.6 Å². The number of benzene rings is 3. The van der Waals surface area contributed by atoms with Crippen LogP contribution < -0.4 is 43.6 Å². The van der Waals surface area contributed by atoms with E-state index in [1.54, 1.807) is 25.1 Å². The third-order valence-corrected chi connectivity index (χ3v) is 11.0. The van der Waals surface area contributed by atoms with E-state index < -0.39 is 62.3 Å². The summed E-state index contributed by atoms with van der Waals surface area (Å²) in [7, 11) is 2.97. The number of nitro groups is 2. The molecule has 0 radical (unpaired) electrons. The number of aromatic nitrogens is 6. The van der Waals surface area contributed by atoms with Crippen LogP contribution in [-0.2, 0) is 28.4 Å². The maximum atomic E-state index is 14.2.